The van der Waals surface area contributed by atoms with Crippen molar-refractivity contribution in [1.29, 1.82) is 0 Å². The zero-order valence-electron chi connectivity index (χ0n) is 9.97. The highest BCUT2D eigenvalue weighted by Gasteiger charge is 2.17. The monoisotopic (exact) mass is 249 g/mol. The Morgan fingerprint density at radius 2 is 1.61 bits per heavy atom. The van der Waals surface area contributed by atoms with Gasteiger partial charge in [-0.15, -0.1) is 11.3 Å². The lowest BCUT2D eigenvalue weighted by atomic mass is 10.1. The van der Waals surface area contributed by atoms with Crippen molar-refractivity contribution in [1.82, 2.24) is 4.98 Å². The minimum Gasteiger partial charge on any atom is -0.247 e. The van der Waals surface area contributed by atoms with Crippen LogP contribution in [0.4, 0.5) is 0 Å². The molecule has 0 saturated carbocycles. The van der Waals surface area contributed by atoms with E-state index in [9.17, 15) is 0 Å². The molecule has 0 fully saturated rings. The van der Waals surface area contributed by atoms with E-state index in [1.54, 1.807) is 0 Å². The lowest BCUT2D eigenvalue weighted by Crippen LogP contribution is -1.83. The quantitative estimate of drug-likeness (QED) is 0.433. The van der Waals surface area contributed by atoms with Crippen molar-refractivity contribution in [3.05, 3.63) is 53.4 Å². The summed E-state index contributed by atoms with van der Waals surface area (Å²) >= 11 is 1.85. The SMILES string of the molecule is Cc1sc2ccccc2c2nc3ccccc3c1-2. The van der Waals surface area contributed by atoms with Gasteiger partial charge >= 0.3 is 0 Å². The van der Waals surface area contributed by atoms with Crippen molar-refractivity contribution in [2.24, 2.45) is 0 Å². The molecule has 2 aromatic carbocycles. The third kappa shape index (κ3) is 1.24. The third-order valence-electron chi connectivity index (χ3n) is 3.40. The van der Waals surface area contributed by atoms with Gasteiger partial charge in [-0.3, -0.25) is 0 Å². The van der Waals surface area contributed by atoms with Crippen LogP contribution >= 0.6 is 11.3 Å². The number of aryl methyl sites for hydroxylation is 1. The molecule has 0 radical (unpaired) electrons. The summed E-state index contributed by atoms with van der Waals surface area (Å²) in [6.07, 6.45) is 0. The van der Waals surface area contributed by atoms with Crippen LogP contribution in [0.1, 0.15) is 4.88 Å². The van der Waals surface area contributed by atoms with Crippen molar-refractivity contribution >= 4 is 32.3 Å². The minimum atomic E-state index is 1.10. The van der Waals surface area contributed by atoms with Crippen LogP contribution in [0.3, 0.4) is 0 Å². The summed E-state index contributed by atoms with van der Waals surface area (Å²) in [6.45, 7) is 2.19. The van der Waals surface area contributed by atoms with E-state index in [1.807, 2.05) is 11.3 Å². The summed E-state index contributed by atoms with van der Waals surface area (Å²) in [5.41, 5.74) is 3.55. The molecule has 0 amide bonds. The number of benzene rings is 2. The predicted octanol–water partition coefficient (Wildman–Crippen LogP) is 4.86. The van der Waals surface area contributed by atoms with Crippen LogP contribution in [0.25, 0.3) is 32.2 Å². The Bertz CT molecular complexity index is 844. The molecule has 0 saturated heterocycles. The summed E-state index contributed by atoms with van der Waals surface area (Å²) in [7, 11) is 0. The van der Waals surface area contributed by atoms with Crippen LogP contribution in [-0.4, -0.2) is 4.98 Å². The maximum absolute atomic E-state index is 4.81. The highest BCUT2D eigenvalue weighted by Crippen LogP contribution is 2.41. The second-order valence-corrected chi connectivity index (χ2v) is 5.76. The Morgan fingerprint density at radius 3 is 2.50 bits per heavy atom. The Labute approximate surface area is 109 Å². The van der Waals surface area contributed by atoms with Crippen molar-refractivity contribution in [2.75, 3.05) is 0 Å². The largest absolute Gasteiger partial charge is 0.247 e. The van der Waals surface area contributed by atoms with Gasteiger partial charge in [-0.05, 0) is 19.1 Å². The van der Waals surface area contributed by atoms with E-state index >= 15 is 0 Å². The smallest absolute Gasteiger partial charge is 0.0813 e. The molecule has 0 aromatic heterocycles. The Morgan fingerprint density at radius 1 is 0.889 bits per heavy atom. The first kappa shape index (κ1) is 10.0. The van der Waals surface area contributed by atoms with Gasteiger partial charge in [-0.2, -0.15) is 0 Å². The van der Waals surface area contributed by atoms with Gasteiger partial charge in [-0.1, -0.05) is 36.4 Å². The average Bonchev–Trinajstić information content (AvgIpc) is 2.79. The highest BCUT2D eigenvalue weighted by molar-refractivity contribution is 7.19. The average molecular weight is 249 g/mol. The summed E-state index contributed by atoms with van der Waals surface area (Å²) < 4.78 is 1.31. The molecule has 86 valence electrons. The second-order valence-electron chi connectivity index (χ2n) is 4.51. The first-order valence-electron chi connectivity index (χ1n) is 6.01. The van der Waals surface area contributed by atoms with Gasteiger partial charge < -0.3 is 0 Å². The lowest BCUT2D eigenvalue weighted by Gasteiger charge is -2.06. The maximum atomic E-state index is 4.81. The number of nitrogens with zero attached hydrogens (tertiary/aromatic N) is 1. The maximum Gasteiger partial charge on any atom is 0.0813 e. The number of hydrogen-bond acceptors (Lipinski definition) is 2. The highest BCUT2D eigenvalue weighted by atomic mass is 32.1. The molecule has 2 aliphatic heterocycles. The number of para-hydroxylation sites is 1. The third-order valence-corrected chi connectivity index (χ3v) is 4.49. The predicted molar refractivity (Wildman–Crippen MR) is 78.5 cm³/mol. The molecule has 0 atom stereocenters. The molecule has 0 aliphatic carbocycles. The number of rotatable bonds is 0. The van der Waals surface area contributed by atoms with Crippen LogP contribution in [0.15, 0.2) is 48.5 Å². The van der Waals surface area contributed by atoms with Crippen LogP contribution in [-0.2, 0) is 0 Å². The van der Waals surface area contributed by atoms with Crippen molar-refractivity contribution < 1.29 is 0 Å². The first-order valence-corrected chi connectivity index (χ1v) is 6.83. The van der Waals surface area contributed by atoms with Gasteiger partial charge in [0.1, 0.15) is 0 Å². The standard InChI is InChI=1S/C16H11NS/c1-10-15-11-6-2-4-8-13(11)17-16(15)12-7-3-5-9-14(12)18-10/h2-9H,1H3. The summed E-state index contributed by atoms with van der Waals surface area (Å²) in [4.78, 5) is 6.16. The molecule has 18 heavy (non-hydrogen) atoms. The van der Waals surface area contributed by atoms with E-state index in [4.69, 9.17) is 4.98 Å². The van der Waals surface area contributed by atoms with Gasteiger partial charge in [0.2, 0.25) is 0 Å². The van der Waals surface area contributed by atoms with Crippen LogP contribution in [0.5, 0.6) is 0 Å². The Balaban J connectivity index is 2.32. The van der Waals surface area contributed by atoms with E-state index in [1.165, 1.54) is 25.9 Å². The molecule has 0 N–H and O–H groups in total. The van der Waals surface area contributed by atoms with Crippen LogP contribution < -0.4 is 0 Å². The number of fused-ring (bicyclic) bond motifs is 5. The Kier molecular flexibility index (Phi) is 1.97. The summed E-state index contributed by atoms with van der Waals surface area (Å²) in [5.74, 6) is 0. The van der Waals surface area contributed by atoms with Crippen molar-refractivity contribution in [3.63, 3.8) is 0 Å². The molecule has 2 heterocycles. The molecule has 0 bridgehead atoms. The molecule has 2 aromatic rings. The van der Waals surface area contributed by atoms with Crippen molar-refractivity contribution in [2.45, 2.75) is 6.92 Å². The normalized spacial score (nSPS) is 11.6. The van der Waals surface area contributed by atoms with E-state index < -0.39 is 0 Å². The van der Waals surface area contributed by atoms with Crippen LogP contribution in [0.2, 0.25) is 0 Å². The number of hydrogen-bond donors (Lipinski definition) is 0. The van der Waals surface area contributed by atoms with E-state index in [-0.39, 0.29) is 0 Å². The van der Waals surface area contributed by atoms with Gasteiger partial charge in [0.25, 0.3) is 0 Å². The Hall–Kier alpha value is -1.93. The van der Waals surface area contributed by atoms with Gasteiger partial charge in [-0.25, -0.2) is 4.98 Å². The molecule has 4 rings (SSSR count). The molecule has 1 nitrogen and oxygen atoms in total. The second kappa shape index (κ2) is 3.53. The first-order chi connectivity index (χ1) is 8.84. The molecule has 2 heteroatoms. The number of aromatic nitrogens is 1. The van der Waals surface area contributed by atoms with Crippen molar-refractivity contribution in [3.8, 4) is 11.3 Å². The topological polar surface area (TPSA) is 12.9 Å². The van der Waals surface area contributed by atoms with Crippen LogP contribution in [0, 0.1) is 6.92 Å². The van der Waals surface area contributed by atoms with E-state index in [2.05, 4.69) is 55.5 Å². The molecule has 2 aliphatic rings. The molecule has 0 unspecified atom stereocenters. The molecular weight excluding hydrogens is 238 g/mol. The minimum absolute atomic E-state index is 1.10. The lowest BCUT2D eigenvalue weighted by molar-refractivity contribution is 1.48. The van der Waals surface area contributed by atoms with Gasteiger partial charge in [0, 0.05) is 25.9 Å². The fourth-order valence-corrected chi connectivity index (χ4v) is 3.66. The summed E-state index contributed by atoms with van der Waals surface area (Å²) in [5, 5.41) is 2.53. The fraction of sp³-hybridized carbons (Fsp3) is 0.0625. The summed E-state index contributed by atoms with van der Waals surface area (Å²) in [6, 6.07) is 16.9. The fourth-order valence-electron chi connectivity index (χ4n) is 2.60. The zero-order chi connectivity index (χ0) is 12.1. The van der Waals surface area contributed by atoms with Gasteiger partial charge in [0.05, 0.1) is 11.2 Å². The van der Waals surface area contributed by atoms with E-state index in [0.717, 1.165) is 11.2 Å². The van der Waals surface area contributed by atoms with Gasteiger partial charge in [0.15, 0.2) is 0 Å². The zero-order valence-corrected chi connectivity index (χ0v) is 10.8. The molecule has 0 spiro atoms. The molecular formula is C16H11NS. The van der Waals surface area contributed by atoms with E-state index in [0.29, 0.717) is 0 Å².